The number of rotatable bonds is 10. The van der Waals surface area contributed by atoms with Gasteiger partial charge in [0.15, 0.2) is 11.0 Å². The Bertz CT molecular complexity index is 1110. The van der Waals surface area contributed by atoms with E-state index in [0.717, 1.165) is 28.6 Å². The summed E-state index contributed by atoms with van der Waals surface area (Å²) in [4.78, 5) is 0. The number of unbranched alkanes of at least 4 members (excludes halogenated alkanes) is 1. The van der Waals surface area contributed by atoms with Crippen molar-refractivity contribution in [2.45, 2.75) is 57.5 Å². The lowest BCUT2D eigenvalue weighted by molar-refractivity contribution is 0.553. The third kappa shape index (κ3) is 6.18. The standard InChI is InChI=1S/C23H30N4O2S2/c1-5-6-15-31(28,29)26-19(4)22-24-25-23(27(22)21-13-11-17(2)12-14-21)30-16-20-10-8-7-9-18(20)3/h7-14,19,26H,5-6,15-16H2,1-4H3. The fraction of sp³-hybridized carbons (Fsp3) is 0.391. The maximum absolute atomic E-state index is 12.4. The molecular weight excluding hydrogens is 428 g/mol. The summed E-state index contributed by atoms with van der Waals surface area (Å²) in [7, 11) is -3.39. The van der Waals surface area contributed by atoms with E-state index in [4.69, 9.17) is 0 Å². The monoisotopic (exact) mass is 458 g/mol. The van der Waals surface area contributed by atoms with E-state index in [-0.39, 0.29) is 5.75 Å². The van der Waals surface area contributed by atoms with E-state index in [1.54, 1.807) is 11.8 Å². The molecule has 0 saturated carbocycles. The predicted molar refractivity (Wildman–Crippen MR) is 127 cm³/mol. The molecule has 1 heterocycles. The van der Waals surface area contributed by atoms with Crippen molar-refractivity contribution in [2.24, 2.45) is 0 Å². The van der Waals surface area contributed by atoms with Crippen LogP contribution in [0.2, 0.25) is 0 Å². The molecule has 1 N–H and O–H groups in total. The minimum atomic E-state index is -3.39. The van der Waals surface area contributed by atoms with Crippen LogP contribution >= 0.6 is 11.8 Å². The summed E-state index contributed by atoms with van der Waals surface area (Å²) in [5.74, 6) is 1.45. The molecule has 0 saturated heterocycles. The van der Waals surface area contributed by atoms with Gasteiger partial charge in [0.25, 0.3) is 0 Å². The van der Waals surface area contributed by atoms with Gasteiger partial charge >= 0.3 is 0 Å². The maximum Gasteiger partial charge on any atom is 0.212 e. The summed E-state index contributed by atoms with van der Waals surface area (Å²) in [6.07, 6.45) is 1.46. The number of hydrogen-bond acceptors (Lipinski definition) is 5. The Morgan fingerprint density at radius 2 is 1.77 bits per heavy atom. The summed E-state index contributed by atoms with van der Waals surface area (Å²) in [5.41, 5.74) is 4.53. The molecule has 166 valence electrons. The molecule has 0 amide bonds. The van der Waals surface area contributed by atoms with Crippen molar-refractivity contribution in [1.29, 1.82) is 0 Å². The minimum absolute atomic E-state index is 0.113. The third-order valence-electron chi connectivity index (χ3n) is 5.08. The zero-order chi connectivity index (χ0) is 22.4. The molecular formula is C23H30N4O2S2. The Balaban J connectivity index is 1.92. The van der Waals surface area contributed by atoms with Crippen molar-refractivity contribution < 1.29 is 8.42 Å². The zero-order valence-corrected chi connectivity index (χ0v) is 20.1. The number of aryl methyl sites for hydroxylation is 2. The predicted octanol–water partition coefficient (Wildman–Crippen LogP) is 4.96. The highest BCUT2D eigenvalue weighted by molar-refractivity contribution is 7.98. The molecule has 1 unspecified atom stereocenters. The van der Waals surface area contributed by atoms with Gasteiger partial charge in [-0.2, -0.15) is 0 Å². The molecule has 6 nitrogen and oxygen atoms in total. The first kappa shape index (κ1) is 23.5. The van der Waals surface area contributed by atoms with E-state index in [9.17, 15) is 8.42 Å². The number of nitrogens with zero attached hydrogens (tertiary/aromatic N) is 3. The second-order valence-corrected chi connectivity index (χ2v) is 10.6. The van der Waals surface area contributed by atoms with Crippen LogP contribution in [0.4, 0.5) is 0 Å². The fourth-order valence-corrected chi connectivity index (χ4v) is 5.69. The Labute approximate surface area is 189 Å². The first-order chi connectivity index (χ1) is 14.8. The summed E-state index contributed by atoms with van der Waals surface area (Å²) in [6, 6.07) is 15.9. The molecule has 2 aromatic carbocycles. The smallest absolute Gasteiger partial charge is 0.212 e. The third-order valence-corrected chi connectivity index (χ3v) is 7.60. The molecule has 1 aromatic heterocycles. The molecule has 0 fully saturated rings. The van der Waals surface area contributed by atoms with Gasteiger partial charge in [0.05, 0.1) is 11.8 Å². The van der Waals surface area contributed by atoms with E-state index in [1.165, 1.54) is 11.1 Å². The van der Waals surface area contributed by atoms with Crippen molar-refractivity contribution >= 4 is 21.8 Å². The Hall–Kier alpha value is -2.16. The van der Waals surface area contributed by atoms with E-state index in [1.807, 2.05) is 61.7 Å². The molecule has 0 bridgehead atoms. The van der Waals surface area contributed by atoms with Gasteiger partial charge in [-0.25, -0.2) is 13.1 Å². The van der Waals surface area contributed by atoms with Gasteiger partial charge in [0.2, 0.25) is 10.0 Å². The van der Waals surface area contributed by atoms with Crippen molar-refractivity contribution in [3.05, 3.63) is 71.0 Å². The average molecular weight is 459 g/mol. The van der Waals surface area contributed by atoms with Crippen LogP contribution in [0.15, 0.2) is 53.7 Å². The summed E-state index contributed by atoms with van der Waals surface area (Å²) in [5, 5.41) is 9.53. The van der Waals surface area contributed by atoms with Crippen LogP contribution in [0.5, 0.6) is 0 Å². The number of sulfonamides is 1. The maximum atomic E-state index is 12.4. The van der Waals surface area contributed by atoms with Crippen LogP contribution < -0.4 is 4.72 Å². The molecule has 31 heavy (non-hydrogen) atoms. The van der Waals surface area contributed by atoms with Crippen LogP contribution in [0.3, 0.4) is 0 Å². The molecule has 0 radical (unpaired) electrons. The van der Waals surface area contributed by atoms with Gasteiger partial charge in [-0.1, -0.05) is 67.1 Å². The summed E-state index contributed by atoms with van der Waals surface area (Å²) >= 11 is 1.60. The van der Waals surface area contributed by atoms with Crippen LogP contribution in [-0.2, 0) is 15.8 Å². The first-order valence-corrected chi connectivity index (χ1v) is 13.1. The highest BCUT2D eigenvalue weighted by Gasteiger charge is 2.23. The number of hydrogen-bond donors (Lipinski definition) is 1. The molecule has 3 rings (SSSR count). The number of nitrogens with one attached hydrogen (secondary N) is 1. The van der Waals surface area contributed by atoms with Gasteiger partial charge in [-0.15, -0.1) is 10.2 Å². The van der Waals surface area contributed by atoms with Gasteiger partial charge in [-0.05, 0) is 50.5 Å². The lowest BCUT2D eigenvalue weighted by atomic mass is 10.1. The van der Waals surface area contributed by atoms with E-state index in [0.29, 0.717) is 12.2 Å². The van der Waals surface area contributed by atoms with E-state index in [2.05, 4.69) is 34.0 Å². The van der Waals surface area contributed by atoms with Crippen molar-refractivity contribution in [1.82, 2.24) is 19.5 Å². The minimum Gasteiger partial charge on any atom is -0.273 e. The Kier molecular flexibility index (Phi) is 7.91. The topological polar surface area (TPSA) is 76.9 Å². The van der Waals surface area contributed by atoms with Gasteiger partial charge in [0, 0.05) is 11.4 Å². The SMILES string of the molecule is CCCCS(=O)(=O)NC(C)c1nnc(SCc2ccccc2C)n1-c1ccc(C)cc1. The van der Waals surface area contributed by atoms with Crippen molar-refractivity contribution in [2.75, 3.05) is 5.75 Å². The molecule has 0 aliphatic carbocycles. The van der Waals surface area contributed by atoms with Crippen LogP contribution in [0.1, 0.15) is 55.2 Å². The number of aromatic nitrogens is 3. The average Bonchev–Trinajstić information content (AvgIpc) is 3.16. The lowest BCUT2D eigenvalue weighted by Crippen LogP contribution is -2.30. The van der Waals surface area contributed by atoms with Crippen molar-refractivity contribution in [3.63, 3.8) is 0 Å². The highest BCUT2D eigenvalue weighted by Crippen LogP contribution is 2.28. The lowest BCUT2D eigenvalue weighted by Gasteiger charge is -2.16. The quantitative estimate of drug-likeness (QED) is 0.435. The van der Waals surface area contributed by atoms with E-state index >= 15 is 0 Å². The van der Waals surface area contributed by atoms with Crippen LogP contribution in [-0.4, -0.2) is 28.9 Å². The normalized spacial score (nSPS) is 12.8. The van der Waals surface area contributed by atoms with Crippen LogP contribution in [0, 0.1) is 13.8 Å². The second kappa shape index (κ2) is 10.4. The molecule has 0 spiro atoms. The molecule has 0 aliphatic heterocycles. The first-order valence-electron chi connectivity index (χ1n) is 10.5. The summed E-state index contributed by atoms with van der Waals surface area (Å²) in [6.45, 7) is 7.92. The number of benzene rings is 2. The van der Waals surface area contributed by atoms with Crippen molar-refractivity contribution in [3.8, 4) is 5.69 Å². The fourth-order valence-electron chi connectivity index (χ4n) is 3.22. The Morgan fingerprint density at radius 1 is 1.06 bits per heavy atom. The largest absolute Gasteiger partial charge is 0.273 e. The van der Waals surface area contributed by atoms with Gasteiger partial charge in [-0.3, -0.25) is 4.57 Å². The molecule has 0 aliphatic rings. The number of thioether (sulfide) groups is 1. The molecule has 3 aromatic rings. The highest BCUT2D eigenvalue weighted by atomic mass is 32.2. The summed E-state index contributed by atoms with van der Waals surface area (Å²) < 4.78 is 29.6. The molecule has 1 atom stereocenters. The second-order valence-electron chi connectivity index (χ2n) is 7.74. The van der Waals surface area contributed by atoms with Crippen LogP contribution in [0.25, 0.3) is 5.69 Å². The molecule has 8 heteroatoms. The Morgan fingerprint density at radius 3 is 2.45 bits per heavy atom. The van der Waals surface area contributed by atoms with Gasteiger partial charge in [0.1, 0.15) is 0 Å². The van der Waals surface area contributed by atoms with Gasteiger partial charge < -0.3 is 0 Å². The van der Waals surface area contributed by atoms with E-state index < -0.39 is 16.1 Å². The zero-order valence-electron chi connectivity index (χ0n) is 18.5.